The van der Waals surface area contributed by atoms with Gasteiger partial charge in [0.1, 0.15) is 5.82 Å². The number of pyridine rings is 1. The monoisotopic (exact) mass is 224 g/mol. The summed E-state index contributed by atoms with van der Waals surface area (Å²) in [6.45, 7) is 0. The molecule has 2 atom stereocenters. The van der Waals surface area contributed by atoms with Crippen LogP contribution in [0.1, 0.15) is 25.7 Å². The zero-order valence-corrected chi connectivity index (χ0v) is 9.45. The summed E-state index contributed by atoms with van der Waals surface area (Å²) in [4.78, 5) is 3.80. The molecule has 3 nitrogen and oxygen atoms in total. The van der Waals surface area contributed by atoms with Gasteiger partial charge in [0.05, 0.1) is 6.10 Å². The number of anilines is 1. The number of ether oxygens (including phenoxy) is 1. The van der Waals surface area contributed by atoms with E-state index in [2.05, 4.69) is 10.3 Å². The molecule has 0 spiro atoms. The Labute approximate surface area is 95.0 Å². The molecule has 0 amide bonds. The van der Waals surface area contributed by atoms with Crippen LogP contribution in [0.15, 0.2) is 18.2 Å². The van der Waals surface area contributed by atoms with Crippen LogP contribution in [-0.4, -0.2) is 24.2 Å². The van der Waals surface area contributed by atoms with E-state index in [0.29, 0.717) is 18.0 Å². The zero-order valence-electron chi connectivity index (χ0n) is 9.45. The summed E-state index contributed by atoms with van der Waals surface area (Å²) >= 11 is 0. The molecule has 1 fully saturated rings. The van der Waals surface area contributed by atoms with Gasteiger partial charge >= 0.3 is 0 Å². The Kier molecular flexibility index (Phi) is 3.72. The SMILES string of the molecule is COC1CCCC(Nc2cccc(F)n2)C1. The van der Waals surface area contributed by atoms with Crippen LogP contribution < -0.4 is 5.32 Å². The Morgan fingerprint density at radius 1 is 1.44 bits per heavy atom. The maximum Gasteiger partial charge on any atom is 0.214 e. The summed E-state index contributed by atoms with van der Waals surface area (Å²) < 4.78 is 18.2. The molecule has 2 unspecified atom stereocenters. The van der Waals surface area contributed by atoms with Gasteiger partial charge in [0, 0.05) is 13.2 Å². The van der Waals surface area contributed by atoms with Gasteiger partial charge in [-0.2, -0.15) is 4.39 Å². The van der Waals surface area contributed by atoms with E-state index in [1.54, 1.807) is 19.2 Å². The number of methoxy groups -OCH3 is 1. The van der Waals surface area contributed by atoms with Gasteiger partial charge in [-0.1, -0.05) is 6.07 Å². The molecule has 1 aliphatic rings. The summed E-state index contributed by atoms with van der Waals surface area (Å²) in [6, 6.07) is 5.15. The van der Waals surface area contributed by atoms with E-state index in [9.17, 15) is 4.39 Å². The van der Waals surface area contributed by atoms with Crippen molar-refractivity contribution in [2.45, 2.75) is 37.8 Å². The topological polar surface area (TPSA) is 34.1 Å². The summed E-state index contributed by atoms with van der Waals surface area (Å²) in [5, 5.41) is 3.25. The van der Waals surface area contributed by atoms with Gasteiger partial charge in [-0.25, -0.2) is 4.98 Å². The number of aromatic nitrogens is 1. The highest BCUT2D eigenvalue weighted by Crippen LogP contribution is 2.23. The standard InChI is InChI=1S/C12H17FN2O/c1-16-10-5-2-4-9(8-10)14-12-7-3-6-11(13)15-12/h3,6-7,9-10H,2,4-5,8H2,1H3,(H,14,15). The molecule has 4 heteroatoms. The van der Waals surface area contributed by atoms with Crippen LogP contribution >= 0.6 is 0 Å². The van der Waals surface area contributed by atoms with Crippen molar-refractivity contribution in [1.29, 1.82) is 0 Å². The molecule has 16 heavy (non-hydrogen) atoms. The third-order valence-electron chi connectivity index (χ3n) is 3.03. The lowest BCUT2D eigenvalue weighted by molar-refractivity contribution is 0.0669. The fourth-order valence-corrected chi connectivity index (χ4v) is 2.19. The number of rotatable bonds is 3. The van der Waals surface area contributed by atoms with E-state index in [1.165, 1.54) is 6.07 Å². The van der Waals surface area contributed by atoms with Gasteiger partial charge < -0.3 is 10.1 Å². The largest absolute Gasteiger partial charge is 0.381 e. The van der Waals surface area contributed by atoms with Crippen LogP contribution in [0.4, 0.5) is 10.2 Å². The average Bonchev–Trinajstić information content (AvgIpc) is 2.29. The molecule has 0 aromatic carbocycles. The molecule has 1 aromatic heterocycles. The Morgan fingerprint density at radius 2 is 2.31 bits per heavy atom. The second-order valence-electron chi connectivity index (χ2n) is 4.21. The molecule has 0 radical (unpaired) electrons. The second kappa shape index (κ2) is 5.25. The minimum absolute atomic E-state index is 0.319. The van der Waals surface area contributed by atoms with Gasteiger partial charge in [-0.05, 0) is 37.8 Å². The Morgan fingerprint density at radius 3 is 3.06 bits per heavy atom. The summed E-state index contributed by atoms with van der Waals surface area (Å²) in [5.74, 6) is 0.172. The van der Waals surface area contributed by atoms with Crippen LogP contribution in [0.25, 0.3) is 0 Å². The average molecular weight is 224 g/mol. The minimum atomic E-state index is -0.441. The Bertz CT molecular complexity index is 346. The normalized spacial score (nSPS) is 25.4. The third-order valence-corrected chi connectivity index (χ3v) is 3.03. The van der Waals surface area contributed by atoms with Gasteiger partial charge in [0.25, 0.3) is 0 Å². The van der Waals surface area contributed by atoms with Crippen LogP contribution in [0.2, 0.25) is 0 Å². The smallest absolute Gasteiger partial charge is 0.214 e. The number of halogens is 1. The third kappa shape index (κ3) is 2.92. The Hall–Kier alpha value is -1.16. The molecular weight excluding hydrogens is 207 g/mol. The molecule has 1 aliphatic carbocycles. The molecule has 88 valence electrons. The molecule has 1 N–H and O–H groups in total. The second-order valence-corrected chi connectivity index (χ2v) is 4.21. The van der Waals surface area contributed by atoms with Crippen molar-refractivity contribution in [1.82, 2.24) is 4.98 Å². The number of nitrogens with one attached hydrogen (secondary N) is 1. The summed E-state index contributed by atoms with van der Waals surface area (Å²) in [7, 11) is 1.74. The van der Waals surface area contributed by atoms with Crippen LogP contribution in [0.3, 0.4) is 0 Å². The number of nitrogens with zero attached hydrogens (tertiary/aromatic N) is 1. The fraction of sp³-hybridized carbons (Fsp3) is 0.583. The molecule has 1 aromatic rings. The molecular formula is C12H17FN2O. The first-order valence-electron chi connectivity index (χ1n) is 5.70. The molecule has 1 heterocycles. The number of hydrogen-bond donors (Lipinski definition) is 1. The fourth-order valence-electron chi connectivity index (χ4n) is 2.19. The predicted octanol–water partition coefficient (Wildman–Crippen LogP) is 2.59. The van der Waals surface area contributed by atoms with Crippen molar-refractivity contribution in [2.75, 3.05) is 12.4 Å². The van der Waals surface area contributed by atoms with Gasteiger partial charge in [-0.15, -0.1) is 0 Å². The van der Waals surface area contributed by atoms with Crippen LogP contribution in [-0.2, 0) is 4.74 Å². The maximum atomic E-state index is 12.9. The first kappa shape index (κ1) is 11.3. The van der Waals surface area contributed by atoms with Gasteiger partial charge in [0.15, 0.2) is 0 Å². The first-order chi connectivity index (χ1) is 7.78. The van der Waals surface area contributed by atoms with E-state index in [0.717, 1.165) is 25.7 Å². The first-order valence-corrected chi connectivity index (χ1v) is 5.70. The van der Waals surface area contributed by atoms with Crippen molar-refractivity contribution in [2.24, 2.45) is 0 Å². The molecule has 0 saturated heterocycles. The maximum absolute atomic E-state index is 12.9. The Balaban J connectivity index is 1.94. The van der Waals surface area contributed by atoms with E-state index >= 15 is 0 Å². The van der Waals surface area contributed by atoms with E-state index in [-0.39, 0.29) is 0 Å². The van der Waals surface area contributed by atoms with Crippen LogP contribution in [0, 0.1) is 5.95 Å². The molecule has 0 aliphatic heterocycles. The lowest BCUT2D eigenvalue weighted by atomic mass is 9.93. The van der Waals surface area contributed by atoms with E-state index in [4.69, 9.17) is 4.74 Å². The van der Waals surface area contributed by atoms with Gasteiger partial charge in [0.2, 0.25) is 5.95 Å². The highest BCUT2D eigenvalue weighted by molar-refractivity contribution is 5.34. The minimum Gasteiger partial charge on any atom is -0.381 e. The van der Waals surface area contributed by atoms with Crippen molar-refractivity contribution in [3.63, 3.8) is 0 Å². The highest BCUT2D eigenvalue weighted by Gasteiger charge is 2.21. The van der Waals surface area contributed by atoms with Crippen LogP contribution in [0.5, 0.6) is 0 Å². The van der Waals surface area contributed by atoms with Crippen molar-refractivity contribution in [3.05, 3.63) is 24.1 Å². The van der Waals surface area contributed by atoms with Crippen molar-refractivity contribution >= 4 is 5.82 Å². The summed E-state index contributed by atoms with van der Waals surface area (Å²) in [6.07, 6.45) is 4.64. The molecule has 2 rings (SSSR count). The van der Waals surface area contributed by atoms with E-state index in [1.807, 2.05) is 0 Å². The number of hydrogen-bond acceptors (Lipinski definition) is 3. The van der Waals surface area contributed by atoms with E-state index < -0.39 is 5.95 Å². The van der Waals surface area contributed by atoms with Crippen molar-refractivity contribution < 1.29 is 9.13 Å². The quantitative estimate of drug-likeness (QED) is 0.801. The van der Waals surface area contributed by atoms with Gasteiger partial charge in [-0.3, -0.25) is 0 Å². The highest BCUT2D eigenvalue weighted by atomic mass is 19.1. The lowest BCUT2D eigenvalue weighted by Gasteiger charge is -2.29. The lowest BCUT2D eigenvalue weighted by Crippen LogP contribution is -2.31. The zero-order chi connectivity index (χ0) is 11.4. The van der Waals surface area contributed by atoms with Crippen molar-refractivity contribution in [3.8, 4) is 0 Å². The summed E-state index contributed by atoms with van der Waals surface area (Å²) in [5.41, 5.74) is 0. The molecule has 0 bridgehead atoms. The molecule has 1 saturated carbocycles. The predicted molar refractivity (Wildman–Crippen MR) is 60.9 cm³/mol.